The Morgan fingerprint density at radius 3 is 2.54 bits per heavy atom. The molecule has 2 heterocycles. The lowest BCUT2D eigenvalue weighted by Gasteiger charge is -2.11. The maximum absolute atomic E-state index is 6.16. The zero-order valence-corrected chi connectivity index (χ0v) is 15.3. The van der Waals surface area contributed by atoms with Crippen molar-refractivity contribution in [3.8, 4) is 11.3 Å². The molecule has 2 aromatic carbocycles. The van der Waals surface area contributed by atoms with Crippen LogP contribution in [0.25, 0.3) is 22.0 Å². The molecule has 0 aliphatic carbocycles. The minimum absolute atomic E-state index is 0.486. The van der Waals surface area contributed by atoms with E-state index in [-0.39, 0.29) is 0 Å². The fourth-order valence-corrected chi connectivity index (χ4v) is 3.03. The lowest BCUT2D eigenvalue weighted by atomic mass is 10.0. The maximum Gasteiger partial charge on any atom is 0.156 e. The molecule has 0 saturated carbocycles. The van der Waals surface area contributed by atoms with Gasteiger partial charge in [0.1, 0.15) is 17.8 Å². The second-order valence-electron chi connectivity index (χ2n) is 5.73. The first-order valence-corrected chi connectivity index (χ1v) is 8.66. The summed E-state index contributed by atoms with van der Waals surface area (Å²) < 4.78 is 1.71. The number of hydrogen-bond donors (Lipinski definition) is 1. The van der Waals surface area contributed by atoms with Crippen LogP contribution in [0, 0.1) is 0 Å². The Kier molecular flexibility index (Phi) is 4.44. The van der Waals surface area contributed by atoms with Gasteiger partial charge in [-0.1, -0.05) is 53.5 Å². The fourth-order valence-electron chi connectivity index (χ4n) is 2.73. The highest BCUT2D eigenvalue weighted by atomic mass is 35.5. The molecule has 130 valence electrons. The molecular formula is C18H14Cl2N6. The van der Waals surface area contributed by atoms with Gasteiger partial charge in [-0.15, -0.1) is 10.2 Å². The summed E-state index contributed by atoms with van der Waals surface area (Å²) in [6.07, 6.45) is 1.52. The van der Waals surface area contributed by atoms with Crippen LogP contribution in [0.1, 0.15) is 5.82 Å². The molecule has 2 aromatic heterocycles. The van der Waals surface area contributed by atoms with Crippen molar-refractivity contribution in [3.63, 3.8) is 0 Å². The number of hydrogen-bond acceptors (Lipinski definition) is 5. The highest BCUT2D eigenvalue weighted by Gasteiger charge is 2.12. The highest BCUT2D eigenvalue weighted by Crippen LogP contribution is 2.33. The van der Waals surface area contributed by atoms with Crippen LogP contribution in [0.5, 0.6) is 0 Å². The lowest BCUT2D eigenvalue weighted by molar-refractivity contribution is 0.711. The first-order valence-electron chi connectivity index (χ1n) is 7.91. The third-order valence-electron chi connectivity index (χ3n) is 4.10. The number of benzene rings is 2. The molecule has 0 spiro atoms. The van der Waals surface area contributed by atoms with Gasteiger partial charge in [0.2, 0.25) is 0 Å². The summed E-state index contributed by atoms with van der Waals surface area (Å²) in [5.41, 5.74) is 1.62. The summed E-state index contributed by atoms with van der Waals surface area (Å²) in [6, 6.07) is 13.4. The van der Waals surface area contributed by atoms with Gasteiger partial charge in [0.15, 0.2) is 5.82 Å². The average Bonchev–Trinajstić information content (AvgIpc) is 3.07. The van der Waals surface area contributed by atoms with E-state index in [1.54, 1.807) is 16.8 Å². The van der Waals surface area contributed by atoms with Crippen molar-refractivity contribution < 1.29 is 0 Å². The van der Waals surface area contributed by atoms with Gasteiger partial charge >= 0.3 is 0 Å². The number of anilines is 1. The number of nitrogens with zero attached hydrogens (tertiary/aromatic N) is 5. The molecule has 4 aromatic rings. The van der Waals surface area contributed by atoms with E-state index in [1.807, 2.05) is 37.4 Å². The van der Waals surface area contributed by atoms with Crippen LogP contribution < -0.4 is 5.32 Å². The first-order chi connectivity index (χ1) is 12.6. The van der Waals surface area contributed by atoms with Gasteiger partial charge in [0.25, 0.3) is 0 Å². The van der Waals surface area contributed by atoms with Gasteiger partial charge in [-0.3, -0.25) is 4.68 Å². The van der Waals surface area contributed by atoms with Crippen molar-refractivity contribution in [2.45, 2.75) is 6.54 Å². The standard InChI is InChI=1S/C18H14Cl2N6/c1-26-16(22-10-23-26)9-21-18-13-5-3-2-4-12(13)17(24-25-18)11-6-7-14(19)15(20)8-11/h2-8,10H,9H2,1H3,(H,21,25). The number of aryl methyl sites for hydroxylation is 1. The van der Waals surface area contributed by atoms with E-state index in [9.17, 15) is 0 Å². The molecule has 0 bridgehead atoms. The summed E-state index contributed by atoms with van der Waals surface area (Å²) in [5, 5.41) is 19.1. The largest absolute Gasteiger partial charge is 0.361 e. The van der Waals surface area contributed by atoms with Gasteiger partial charge in [-0.05, 0) is 12.1 Å². The van der Waals surface area contributed by atoms with Crippen LogP contribution in [-0.4, -0.2) is 25.0 Å². The molecule has 0 amide bonds. The van der Waals surface area contributed by atoms with E-state index in [2.05, 4.69) is 25.6 Å². The topological polar surface area (TPSA) is 68.5 Å². The quantitative estimate of drug-likeness (QED) is 0.566. The summed E-state index contributed by atoms with van der Waals surface area (Å²) >= 11 is 12.2. The molecule has 0 unspecified atom stereocenters. The van der Waals surface area contributed by atoms with E-state index >= 15 is 0 Å². The minimum Gasteiger partial charge on any atom is -0.361 e. The molecule has 8 heteroatoms. The SMILES string of the molecule is Cn1ncnc1CNc1nnc(-c2ccc(Cl)c(Cl)c2)c2ccccc12. The van der Waals surface area contributed by atoms with Crippen LogP contribution >= 0.6 is 23.2 Å². The summed E-state index contributed by atoms with van der Waals surface area (Å²) in [6.45, 7) is 0.501. The number of halogens is 2. The van der Waals surface area contributed by atoms with Crippen molar-refractivity contribution in [1.82, 2.24) is 25.0 Å². The molecule has 0 aliphatic heterocycles. The Hall–Kier alpha value is -2.70. The molecular weight excluding hydrogens is 371 g/mol. The third kappa shape index (κ3) is 3.09. The van der Waals surface area contributed by atoms with Crippen molar-refractivity contribution in [1.29, 1.82) is 0 Å². The summed E-state index contributed by atoms with van der Waals surface area (Å²) in [5.74, 6) is 1.50. The molecule has 0 saturated heterocycles. The average molecular weight is 385 g/mol. The Morgan fingerprint density at radius 1 is 1.00 bits per heavy atom. The van der Waals surface area contributed by atoms with Gasteiger partial charge in [0.05, 0.1) is 16.6 Å². The summed E-state index contributed by atoms with van der Waals surface area (Å²) in [4.78, 5) is 4.21. The first kappa shape index (κ1) is 16.8. The minimum atomic E-state index is 0.486. The predicted molar refractivity (Wildman–Crippen MR) is 103 cm³/mol. The maximum atomic E-state index is 6.16. The van der Waals surface area contributed by atoms with Gasteiger partial charge in [0, 0.05) is 23.4 Å². The Bertz CT molecular complexity index is 1090. The highest BCUT2D eigenvalue weighted by molar-refractivity contribution is 6.42. The van der Waals surface area contributed by atoms with Gasteiger partial charge < -0.3 is 5.32 Å². The van der Waals surface area contributed by atoms with E-state index in [0.29, 0.717) is 22.4 Å². The Labute approximate surface area is 159 Å². The van der Waals surface area contributed by atoms with Crippen LogP contribution in [0.3, 0.4) is 0 Å². The van der Waals surface area contributed by atoms with Crippen molar-refractivity contribution in [2.24, 2.45) is 7.05 Å². The lowest BCUT2D eigenvalue weighted by Crippen LogP contribution is -2.09. The third-order valence-corrected chi connectivity index (χ3v) is 4.84. The number of aromatic nitrogens is 5. The van der Waals surface area contributed by atoms with E-state index in [0.717, 1.165) is 27.9 Å². The van der Waals surface area contributed by atoms with Crippen molar-refractivity contribution >= 4 is 39.8 Å². The molecule has 0 atom stereocenters. The smallest absolute Gasteiger partial charge is 0.156 e. The zero-order valence-electron chi connectivity index (χ0n) is 13.8. The van der Waals surface area contributed by atoms with Crippen LogP contribution in [0.15, 0.2) is 48.8 Å². The second kappa shape index (κ2) is 6.90. The zero-order chi connectivity index (χ0) is 18.1. The molecule has 0 fully saturated rings. The molecule has 6 nitrogen and oxygen atoms in total. The molecule has 4 rings (SSSR count). The normalized spacial score (nSPS) is 11.0. The van der Waals surface area contributed by atoms with E-state index in [1.165, 1.54) is 6.33 Å². The monoisotopic (exact) mass is 384 g/mol. The number of fused-ring (bicyclic) bond motifs is 1. The molecule has 26 heavy (non-hydrogen) atoms. The van der Waals surface area contributed by atoms with E-state index in [4.69, 9.17) is 23.2 Å². The molecule has 0 aliphatic rings. The predicted octanol–water partition coefficient (Wildman–Crippen LogP) is 4.34. The van der Waals surface area contributed by atoms with Crippen LogP contribution in [0.2, 0.25) is 10.0 Å². The molecule has 0 radical (unpaired) electrons. The number of nitrogens with one attached hydrogen (secondary N) is 1. The number of rotatable bonds is 4. The fraction of sp³-hybridized carbons (Fsp3) is 0.111. The van der Waals surface area contributed by atoms with Gasteiger partial charge in [-0.2, -0.15) is 5.10 Å². The van der Waals surface area contributed by atoms with Crippen molar-refractivity contribution in [2.75, 3.05) is 5.32 Å². The Morgan fingerprint density at radius 2 is 1.81 bits per heavy atom. The van der Waals surface area contributed by atoms with Crippen LogP contribution in [-0.2, 0) is 13.6 Å². The Balaban J connectivity index is 1.75. The summed E-state index contributed by atoms with van der Waals surface area (Å²) in [7, 11) is 1.85. The van der Waals surface area contributed by atoms with Crippen LogP contribution in [0.4, 0.5) is 5.82 Å². The second-order valence-corrected chi connectivity index (χ2v) is 6.54. The van der Waals surface area contributed by atoms with Crippen molar-refractivity contribution in [3.05, 3.63) is 64.7 Å². The van der Waals surface area contributed by atoms with Gasteiger partial charge in [-0.25, -0.2) is 4.98 Å². The van der Waals surface area contributed by atoms with E-state index < -0.39 is 0 Å². The molecule has 1 N–H and O–H groups in total.